The average molecular weight is 405 g/mol. The number of nitrogens with zero attached hydrogens (tertiary/aromatic N) is 1. The number of rotatable bonds is 5. The summed E-state index contributed by atoms with van der Waals surface area (Å²) in [4.78, 5) is 0. The highest BCUT2D eigenvalue weighted by molar-refractivity contribution is 7.80. The molecule has 0 amide bonds. The van der Waals surface area contributed by atoms with Crippen molar-refractivity contribution < 1.29 is 14.2 Å². The standard InChI is InChI=1S/C22H19N3O3S/c1-15-2-6-17(7-3-15)24-22(29)25-23-13-16-4-8-18(9-5-16)28-19-10-11-20-21(12-19)27-14-26-20/h2-13H,14H2,1H3,(H2,24,25,29)/b23-13+. The van der Waals surface area contributed by atoms with E-state index < -0.39 is 0 Å². The van der Waals surface area contributed by atoms with Gasteiger partial charge in [-0.2, -0.15) is 5.10 Å². The van der Waals surface area contributed by atoms with Crippen LogP contribution in [0.15, 0.2) is 71.8 Å². The van der Waals surface area contributed by atoms with Crippen molar-refractivity contribution in [2.75, 3.05) is 12.1 Å². The minimum atomic E-state index is 0.241. The molecule has 0 fully saturated rings. The molecule has 4 rings (SSSR count). The van der Waals surface area contributed by atoms with E-state index in [2.05, 4.69) is 15.8 Å². The molecule has 1 aliphatic rings. The van der Waals surface area contributed by atoms with Crippen LogP contribution < -0.4 is 25.0 Å². The fraction of sp³-hybridized carbons (Fsp3) is 0.0909. The van der Waals surface area contributed by atoms with E-state index >= 15 is 0 Å². The van der Waals surface area contributed by atoms with Crippen molar-refractivity contribution in [1.82, 2.24) is 5.43 Å². The zero-order chi connectivity index (χ0) is 20.1. The predicted octanol–water partition coefficient (Wildman–Crippen LogP) is 4.84. The number of fused-ring (bicyclic) bond motifs is 1. The molecule has 0 saturated carbocycles. The number of aryl methyl sites for hydroxylation is 1. The fourth-order valence-corrected chi connectivity index (χ4v) is 2.83. The lowest BCUT2D eigenvalue weighted by Gasteiger charge is -2.07. The van der Waals surface area contributed by atoms with E-state index in [-0.39, 0.29) is 6.79 Å². The summed E-state index contributed by atoms with van der Waals surface area (Å²) in [6.07, 6.45) is 1.69. The molecular weight excluding hydrogens is 386 g/mol. The fourth-order valence-electron chi connectivity index (χ4n) is 2.66. The van der Waals surface area contributed by atoms with Crippen LogP contribution in [0.5, 0.6) is 23.0 Å². The minimum Gasteiger partial charge on any atom is -0.457 e. The molecule has 0 atom stereocenters. The quantitative estimate of drug-likeness (QED) is 0.360. The monoisotopic (exact) mass is 405 g/mol. The van der Waals surface area contributed by atoms with E-state index in [1.165, 1.54) is 5.56 Å². The second-order valence-corrected chi connectivity index (χ2v) is 6.78. The molecule has 1 heterocycles. The van der Waals surface area contributed by atoms with E-state index in [1.54, 1.807) is 6.21 Å². The van der Waals surface area contributed by atoms with Crippen molar-refractivity contribution in [3.63, 3.8) is 0 Å². The van der Waals surface area contributed by atoms with Gasteiger partial charge in [0.1, 0.15) is 11.5 Å². The van der Waals surface area contributed by atoms with Crippen LogP contribution >= 0.6 is 12.2 Å². The van der Waals surface area contributed by atoms with E-state index in [0.29, 0.717) is 22.4 Å². The molecule has 6 nitrogen and oxygen atoms in total. The van der Waals surface area contributed by atoms with Gasteiger partial charge in [0.15, 0.2) is 16.6 Å². The van der Waals surface area contributed by atoms with Gasteiger partial charge in [0.25, 0.3) is 0 Å². The van der Waals surface area contributed by atoms with Gasteiger partial charge in [-0.25, -0.2) is 0 Å². The van der Waals surface area contributed by atoms with Gasteiger partial charge in [0.05, 0.1) is 6.21 Å². The van der Waals surface area contributed by atoms with Crippen molar-refractivity contribution in [3.8, 4) is 23.0 Å². The molecule has 146 valence electrons. The molecule has 0 saturated heterocycles. The highest BCUT2D eigenvalue weighted by atomic mass is 32.1. The first kappa shape index (κ1) is 18.8. The Kier molecular flexibility index (Phi) is 5.58. The van der Waals surface area contributed by atoms with Crippen LogP contribution in [0.4, 0.5) is 5.69 Å². The SMILES string of the molecule is Cc1ccc(NC(=S)N/N=C/c2ccc(Oc3ccc4c(c3)OCO4)cc2)cc1. The molecule has 0 aliphatic carbocycles. The summed E-state index contributed by atoms with van der Waals surface area (Å²) < 4.78 is 16.5. The lowest BCUT2D eigenvalue weighted by Crippen LogP contribution is -2.23. The molecule has 0 aromatic heterocycles. The van der Waals surface area contributed by atoms with Gasteiger partial charge in [-0.1, -0.05) is 17.7 Å². The Morgan fingerprint density at radius 1 is 0.966 bits per heavy atom. The van der Waals surface area contributed by atoms with Gasteiger partial charge in [-0.05, 0) is 73.2 Å². The first-order valence-electron chi connectivity index (χ1n) is 9.00. The molecule has 3 aromatic carbocycles. The second-order valence-electron chi connectivity index (χ2n) is 6.38. The first-order valence-corrected chi connectivity index (χ1v) is 9.41. The van der Waals surface area contributed by atoms with Crippen molar-refractivity contribution >= 4 is 29.2 Å². The average Bonchev–Trinajstić information content (AvgIpc) is 3.19. The van der Waals surface area contributed by atoms with Crippen molar-refractivity contribution in [1.29, 1.82) is 0 Å². The van der Waals surface area contributed by atoms with E-state index in [4.69, 9.17) is 26.4 Å². The highest BCUT2D eigenvalue weighted by Crippen LogP contribution is 2.36. The van der Waals surface area contributed by atoms with Crippen LogP contribution in [0.3, 0.4) is 0 Å². The third-order valence-electron chi connectivity index (χ3n) is 4.15. The molecule has 0 radical (unpaired) electrons. The maximum absolute atomic E-state index is 5.85. The highest BCUT2D eigenvalue weighted by Gasteiger charge is 2.13. The smallest absolute Gasteiger partial charge is 0.231 e. The Morgan fingerprint density at radius 3 is 2.48 bits per heavy atom. The van der Waals surface area contributed by atoms with Crippen molar-refractivity contribution in [2.24, 2.45) is 5.10 Å². The lowest BCUT2D eigenvalue weighted by molar-refractivity contribution is 0.174. The van der Waals surface area contributed by atoms with Gasteiger partial charge < -0.3 is 19.5 Å². The number of hydrazone groups is 1. The zero-order valence-electron chi connectivity index (χ0n) is 15.7. The summed E-state index contributed by atoms with van der Waals surface area (Å²) in [5.74, 6) is 2.81. The number of ether oxygens (including phenoxy) is 3. The molecule has 29 heavy (non-hydrogen) atoms. The van der Waals surface area contributed by atoms with Gasteiger partial charge in [-0.15, -0.1) is 0 Å². The summed E-state index contributed by atoms with van der Waals surface area (Å²) in [7, 11) is 0. The molecule has 0 spiro atoms. The van der Waals surface area contributed by atoms with Crippen LogP contribution in [0.2, 0.25) is 0 Å². The Morgan fingerprint density at radius 2 is 1.69 bits per heavy atom. The topological polar surface area (TPSA) is 64.1 Å². The van der Waals surface area contributed by atoms with Gasteiger partial charge >= 0.3 is 0 Å². The minimum absolute atomic E-state index is 0.241. The first-order chi connectivity index (χ1) is 14.2. The number of hydrogen-bond acceptors (Lipinski definition) is 5. The van der Waals surface area contributed by atoms with E-state index in [0.717, 1.165) is 17.0 Å². The zero-order valence-corrected chi connectivity index (χ0v) is 16.5. The normalized spacial score (nSPS) is 12.0. The Labute approximate surface area is 174 Å². The summed E-state index contributed by atoms with van der Waals surface area (Å²) in [5.41, 5.74) is 5.82. The largest absolute Gasteiger partial charge is 0.457 e. The molecule has 0 unspecified atom stereocenters. The summed E-state index contributed by atoms with van der Waals surface area (Å²) in [6.45, 7) is 2.28. The molecule has 0 bridgehead atoms. The van der Waals surface area contributed by atoms with E-state index in [1.807, 2.05) is 73.7 Å². The maximum Gasteiger partial charge on any atom is 0.231 e. The summed E-state index contributed by atoms with van der Waals surface area (Å²) >= 11 is 5.24. The molecular formula is C22H19N3O3S. The van der Waals surface area contributed by atoms with Gasteiger partial charge in [0, 0.05) is 11.8 Å². The number of nitrogens with one attached hydrogen (secondary N) is 2. The van der Waals surface area contributed by atoms with Crippen molar-refractivity contribution in [3.05, 3.63) is 77.9 Å². The van der Waals surface area contributed by atoms with Gasteiger partial charge in [-0.3, -0.25) is 5.43 Å². The Balaban J connectivity index is 1.29. The van der Waals surface area contributed by atoms with Crippen molar-refractivity contribution in [2.45, 2.75) is 6.92 Å². The molecule has 2 N–H and O–H groups in total. The van der Waals surface area contributed by atoms with Gasteiger partial charge in [0.2, 0.25) is 6.79 Å². The number of thiocarbonyl (C=S) groups is 1. The van der Waals surface area contributed by atoms with Crippen LogP contribution in [-0.4, -0.2) is 18.1 Å². The predicted molar refractivity (Wildman–Crippen MR) is 117 cm³/mol. The number of hydrogen-bond donors (Lipinski definition) is 2. The van der Waals surface area contributed by atoms with Crippen LogP contribution in [-0.2, 0) is 0 Å². The maximum atomic E-state index is 5.85. The Bertz CT molecular complexity index is 1030. The lowest BCUT2D eigenvalue weighted by atomic mass is 10.2. The molecule has 3 aromatic rings. The molecule has 7 heteroatoms. The van der Waals surface area contributed by atoms with Crippen LogP contribution in [0.25, 0.3) is 0 Å². The van der Waals surface area contributed by atoms with Crippen LogP contribution in [0, 0.1) is 6.92 Å². The third kappa shape index (κ3) is 5.03. The van der Waals surface area contributed by atoms with E-state index in [9.17, 15) is 0 Å². The summed E-state index contributed by atoms with van der Waals surface area (Å²) in [6, 6.07) is 21.0. The molecule has 1 aliphatic heterocycles. The summed E-state index contributed by atoms with van der Waals surface area (Å²) in [5, 5.41) is 7.66. The van der Waals surface area contributed by atoms with Crippen LogP contribution in [0.1, 0.15) is 11.1 Å². The number of benzene rings is 3. The third-order valence-corrected chi connectivity index (χ3v) is 4.34. The number of anilines is 1. The second kappa shape index (κ2) is 8.62. The Hall–Kier alpha value is -3.58.